The second-order valence-electron chi connectivity index (χ2n) is 8.29. The van der Waals surface area contributed by atoms with Crippen molar-refractivity contribution in [2.24, 2.45) is 11.8 Å². The minimum Gasteiger partial charge on any atom is -0.204 e. The van der Waals surface area contributed by atoms with E-state index in [9.17, 15) is 8.78 Å². The van der Waals surface area contributed by atoms with E-state index in [1.54, 1.807) is 18.2 Å². The molecule has 2 aliphatic rings. The summed E-state index contributed by atoms with van der Waals surface area (Å²) in [7, 11) is -0.448. The molecule has 1 aliphatic heterocycles. The molecular formula is C22H32F2Si. The lowest BCUT2D eigenvalue weighted by molar-refractivity contribution is 0.216. The normalized spacial score (nSPS) is 30.2. The lowest BCUT2D eigenvalue weighted by Crippen LogP contribution is -2.28. The molecule has 0 unspecified atom stereocenters. The Morgan fingerprint density at radius 2 is 1.64 bits per heavy atom. The third-order valence-corrected chi connectivity index (χ3v) is 10.3. The van der Waals surface area contributed by atoms with Crippen molar-refractivity contribution in [3.05, 3.63) is 48.1 Å². The van der Waals surface area contributed by atoms with Crippen molar-refractivity contribution < 1.29 is 8.78 Å². The van der Waals surface area contributed by atoms with Crippen molar-refractivity contribution in [1.29, 1.82) is 0 Å². The first-order valence-corrected chi connectivity index (χ1v) is 12.7. The van der Waals surface area contributed by atoms with Gasteiger partial charge in [0, 0.05) is 8.80 Å². The first-order chi connectivity index (χ1) is 12.2. The zero-order chi connectivity index (χ0) is 17.6. The Hall–Kier alpha value is -0.963. The highest BCUT2D eigenvalue weighted by molar-refractivity contribution is 6.58. The van der Waals surface area contributed by atoms with Gasteiger partial charge in [0.1, 0.15) is 0 Å². The predicted molar refractivity (Wildman–Crippen MR) is 105 cm³/mol. The van der Waals surface area contributed by atoms with Crippen LogP contribution in [0.15, 0.2) is 30.9 Å². The summed E-state index contributed by atoms with van der Waals surface area (Å²) in [4.78, 5) is 0. The highest BCUT2D eigenvalue weighted by Gasteiger charge is 2.31. The van der Waals surface area contributed by atoms with Crippen molar-refractivity contribution in [2.75, 3.05) is 0 Å². The summed E-state index contributed by atoms with van der Waals surface area (Å²) in [6.07, 6.45) is 12.4. The Morgan fingerprint density at radius 3 is 2.28 bits per heavy atom. The predicted octanol–water partition coefficient (Wildman–Crippen LogP) is 6.84. The van der Waals surface area contributed by atoms with E-state index in [1.165, 1.54) is 56.7 Å². The van der Waals surface area contributed by atoms with E-state index in [0.29, 0.717) is 5.92 Å². The SMILES string of the molecule is C=CCCC[SiH]1CCC([C@H]2CC[C@H](c3ccc(F)c(F)c3)CC2)CC1. The van der Waals surface area contributed by atoms with Crippen LogP contribution in [0.5, 0.6) is 0 Å². The van der Waals surface area contributed by atoms with E-state index in [2.05, 4.69) is 12.7 Å². The molecule has 1 heterocycles. The largest absolute Gasteiger partial charge is 0.204 e. The Labute approximate surface area is 153 Å². The molecule has 0 radical (unpaired) electrons. The van der Waals surface area contributed by atoms with Gasteiger partial charge in [0.25, 0.3) is 0 Å². The van der Waals surface area contributed by atoms with E-state index in [4.69, 9.17) is 0 Å². The van der Waals surface area contributed by atoms with E-state index in [-0.39, 0.29) is 0 Å². The van der Waals surface area contributed by atoms with Crippen molar-refractivity contribution in [1.82, 2.24) is 0 Å². The minimum absolute atomic E-state index is 0.427. The monoisotopic (exact) mass is 362 g/mol. The number of benzene rings is 1. The molecule has 0 atom stereocenters. The summed E-state index contributed by atoms with van der Waals surface area (Å²) in [5.41, 5.74) is 0.996. The molecule has 0 nitrogen and oxygen atoms in total. The standard InChI is InChI=1S/C22H32F2Si/c1-2-3-4-13-25-14-11-19(12-15-25)17-5-7-18(8-6-17)20-9-10-21(23)22(24)16-20/h2,9-10,16-19,25H,1,3-8,11-15H2/t17-,18-,19?,25?. The van der Waals surface area contributed by atoms with Gasteiger partial charge < -0.3 is 0 Å². The quantitative estimate of drug-likeness (QED) is 0.295. The van der Waals surface area contributed by atoms with E-state index >= 15 is 0 Å². The fourth-order valence-electron chi connectivity index (χ4n) is 5.19. The van der Waals surface area contributed by atoms with Gasteiger partial charge >= 0.3 is 0 Å². The smallest absolute Gasteiger partial charge is 0.159 e. The third kappa shape index (κ3) is 5.03. The number of rotatable bonds is 6. The molecule has 0 spiro atoms. The zero-order valence-electron chi connectivity index (χ0n) is 15.4. The molecule has 138 valence electrons. The highest BCUT2D eigenvalue weighted by Crippen LogP contribution is 2.43. The lowest BCUT2D eigenvalue weighted by atomic mass is 9.72. The van der Waals surface area contributed by atoms with Crippen LogP contribution in [0.1, 0.15) is 62.8 Å². The average molecular weight is 363 g/mol. The van der Waals surface area contributed by atoms with Crippen LogP contribution in [0.25, 0.3) is 0 Å². The van der Waals surface area contributed by atoms with E-state index < -0.39 is 20.4 Å². The van der Waals surface area contributed by atoms with Gasteiger partial charge in [0.2, 0.25) is 0 Å². The number of halogens is 2. The van der Waals surface area contributed by atoms with Crippen LogP contribution >= 0.6 is 0 Å². The molecule has 3 heteroatoms. The van der Waals surface area contributed by atoms with Gasteiger partial charge in [-0.25, -0.2) is 8.78 Å². The molecule has 0 amide bonds. The Morgan fingerprint density at radius 1 is 0.960 bits per heavy atom. The highest BCUT2D eigenvalue weighted by atomic mass is 28.3. The zero-order valence-corrected chi connectivity index (χ0v) is 16.5. The number of hydrogen-bond acceptors (Lipinski definition) is 0. The Bertz CT molecular complexity index is 555. The second-order valence-corrected chi connectivity index (χ2v) is 11.7. The molecule has 25 heavy (non-hydrogen) atoms. The third-order valence-electron chi connectivity index (χ3n) is 6.77. The van der Waals surface area contributed by atoms with Gasteiger partial charge in [0.15, 0.2) is 11.6 Å². The molecule has 0 N–H and O–H groups in total. The van der Waals surface area contributed by atoms with Crippen LogP contribution in [0.2, 0.25) is 18.1 Å². The van der Waals surface area contributed by atoms with Crippen LogP contribution in [0.3, 0.4) is 0 Å². The number of unbranched alkanes of at least 4 members (excludes halogenated alkanes) is 1. The summed E-state index contributed by atoms with van der Waals surface area (Å²) in [5, 5.41) is 0. The van der Waals surface area contributed by atoms with Crippen molar-refractivity contribution in [3.8, 4) is 0 Å². The van der Waals surface area contributed by atoms with Crippen LogP contribution in [-0.4, -0.2) is 8.80 Å². The summed E-state index contributed by atoms with van der Waals surface area (Å²) in [5.74, 6) is 0.820. The van der Waals surface area contributed by atoms with E-state index in [1.807, 2.05) is 0 Å². The molecule has 2 fully saturated rings. The van der Waals surface area contributed by atoms with Crippen molar-refractivity contribution >= 4 is 8.80 Å². The molecule has 1 saturated carbocycles. The summed E-state index contributed by atoms with van der Waals surface area (Å²) >= 11 is 0. The molecule has 1 aromatic carbocycles. The van der Waals surface area contributed by atoms with Crippen molar-refractivity contribution in [2.45, 2.75) is 75.4 Å². The number of allylic oxidation sites excluding steroid dienone is 1. The van der Waals surface area contributed by atoms with Gasteiger partial charge in [0.05, 0.1) is 0 Å². The maximum absolute atomic E-state index is 13.5. The Kier molecular flexibility index (Phi) is 6.86. The minimum atomic E-state index is -0.730. The number of hydrogen-bond donors (Lipinski definition) is 0. The van der Waals surface area contributed by atoms with Crippen LogP contribution in [-0.2, 0) is 0 Å². The summed E-state index contributed by atoms with van der Waals surface area (Å²) in [6.45, 7) is 3.83. The molecule has 1 aromatic rings. The van der Waals surface area contributed by atoms with Gasteiger partial charge in [-0.2, -0.15) is 0 Å². The van der Waals surface area contributed by atoms with Crippen molar-refractivity contribution in [3.63, 3.8) is 0 Å². The summed E-state index contributed by atoms with van der Waals surface area (Å²) in [6, 6.07) is 9.09. The van der Waals surface area contributed by atoms with Gasteiger partial charge in [-0.15, -0.1) is 6.58 Å². The van der Waals surface area contributed by atoms with Gasteiger partial charge in [-0.05, 0) is 67.6 Å². The molecule has 0 aromatic heterocycles. The maximum Gasteiger partial charge on any atom is 0.159 e. The fraction of sp³-hybridized carbons (Fsp3) is 0.636. The first kappa shape index (κ1) is 18.8. The van der Waals surface area contributed by atoms with Gasteiger partial charge in [-0.1, -0.05) is 49.5 Å². The molecule has 3 rings (SSSR count). The average Bonchev–Trinajstić information content (AvgIpc) is 2.65. The lowest BCUT2D eigenvalue weighted by Gasteiger charge is -2.37. The first-order valence-electron chi connectivity index (χ1n) is 10.2. The van der Waals surface area contributed by atoms with Crippen LogP contribution in [0, 0.1) is 23.5 Å². The van der Waals surface area contributed by atoms with Crippen LogP contribution in [0.4, 0.5) is 8.78 Å². The summed E-state index contributed by atoms with van der Waals surface area (Å²) < 4.78 is 26.6. The fourth-order valence-corrected chi connectivity index (χ4v) is 8.67. The topological polar surface area (TPSA) is 0 Å². The maximum atomic E-state index is 13.5. The van der Waals surface area contributed by atoms with E-state index in [0.717, 1.165) is 30.2 Å². The Balaban J connectivity index is 1.43. The molecular weight excluding hydrogens is 330 g/mol. The second kappa shape index (κ2) is 9.11. The molecule has 0 bridgehead atoms. The van der Waals surface area contributed by atoms with Gasteiger partial charge in [-0.3, -0.25) is 0 Å². The molecule has 1 saturated heterocycles. The van der Waals surface area contributed by atoms with Crippen LogP contribution < -0.4 is 0 Å². The molecule has 1 aliphatic carbocycles.